The maximum absolute atomic E-state index is 13.3. The van der Waals surface area contributed by atoms with Crippen molar-refractivity contribution < 1.29 is 17.6 Å². The number of hydrogen-bond acceptors (Lipinski definition) is 5. The highest BCUT2D eigenvalue weighted by Crippen LogP contribution is 2.18. The van der Waals surface area contributed by atoms with Crippen molar-refractivity contribution in [2.24, 2.45) is 0 Å². The highest BCUT2D eigenvalue weighted by Gasteiger charge is 2.31. The second-order valence-corrected chi connectivity index (χ2v) is 8.70. The first-order valence-corrected chi connectivity index (χ1v) is 10.3. The molecular formula is C17H25FN4O3S. The van der Waals surface area contributed by atoms with Crippen LogP contribution in [-0.4, -0.2) is 86.8 Å². The highest BCUT2D eigenvalue weighted by atomic mass is 32.2. The second kappa shape index (κ2) is 7.99. The zero-order valence-electron chi connectivity index (χ0n) is 14.9. The van der Waals surface area contributed by atoms with E-state index in [-0.39, 0.29) is 23.9 Å². The molecule has 0 bridgehead atoms. The van der Waals surface area contributed by atoms with E-state index in [1.54, 1.807) is 4.90 Å². The van der Waals surface area contributed by atoms with Gasteiger partial charge in [0.25, 0.3) is 0 Å². The van der Waals surface area contributed by atoms with Gasteiger partial charge in [0.2, 0.25) is 15.9 Å². The molecule has 26 heavy (non-hydrogen) atoms. The molecule has 1 aromatic carbocycles. The van der Waals surface area contributed by atoms with Crippen LogP contribution >= 0.6 is 0 Å². The fourth-order valence-corrected chi connectivity index (χ4v) is 4.80. The van der Waals surface area contributed by atoms with Gasteiger partial charge in [0, 0.05) is 51.9 Å². The molecule has 1 N–H and O–H groups in total. The molecule has 2 fully saturated rings. The number of hydrogen-bond donors (Lipinski definition) is 1. The standard InChI is InChI=1S/C17H25FN4O3S/c1-14-12-19-5-6-21(14)13-17(23)20-7-9-22(10-8-20)26(24,25)16-4-2-3-15(18)11-16/h2-4,11,14,19H,5-10,12-13H2,1H3/t14-/m0/s1. The van der Waals surface area contributed by atoms with Gasteiger partial charge in [-0.1, -0.05) is 6.07 Å². The Morgan fingerprint density at radius 2 is 1.96 bits per heavy atom. The zero-order chi connectivity index (χ0) is 18.7. The summed E-state index contributed by atoms with van der Waals surface area (Å²) < 4.78 is 39.9. The van der Waals surface area contributed by atoms with Crippen LogP contribution in [0.25, 0.3) is 0 Å². The van der Waals surface area contributed by atoms with Crippen LogP contribution in [0.5, 0.6) is 0 Å². The van der Waals surface area contributed by atoms with Crippen molar-refractivity contribution in [3.8, 4) is 0 Å². The summed E-state index contributed by atoms with van der Waals surface area (Å²) in [6.07, 6.45) is 0. The maximum atomic E-state index is 13.3. The van der Waals surface area contributed by atoms with E-state index in [1.807, 2.05) is 0 Å². The minimum absolute atomic E-state index is 0.0292. The molecule has 0 spiro atoms. The predicted molar refractivity (Wildman–Crippen MR) is 95.6 cm³/mol. The Kier molecular flexibility index (Phi) is 5.91. The molecule has 144 valence electrons. The summed E-state index contributed by atoms with van der Waals surface area (Å²) in [7, 11) is -3.73. The number of amides is 1. The zero-order valence-corrected chi connectivity index (χ0v) is 15.7. The quantitative estimate of drug-likeness (QED) is 0.788. The van der Waals surface area contributed by atoms with Crippen molar-refractivity contribution in [3.05, 3.63) is 30.1 Å². The lowest BCUT2D eigenvalue weighted by Gasteiger charge is -2.37. The molecule has 0 saturated carbocycles. The molecule has 1 aromatic rings. The molecule has 2 saturated heterocycles. The Hall–Kier alpha value is -1.55. The smallest absolute Gasteiger partial charge is 0.243 e. The van der Waals surface area contributed by atoms with Crippen LogP contribution in [0.3, 0.4) is 0 Å². The summed E-state index contributed by atoms with van der Waals surface area (Å²) in [6.45, 7) is 6.18. The number of nitrogens with zero attached hydrogens (tertiary/aromatic N) is 3. The lowest BCUT2D eigenvalue weighted by molar-refractivity contribution is -0.134. The first kappa shape index (κ1) is 19.2. The van der Waals surface area contributed by atoms with E-state index < -0.39 is 15.8 Å². The van der Waals surface area contributed by atoms with Crippen molar-refractivity contribution in [1.29, 1.82) is 0 Å². The number of sulfonamides is 1. The molecule has 7 nitrogen and oxygen atoms in total. The molecule has 1 amide bonds. The van der Waals surface area contributed by atoms with Crippen LogP contribution in [0.15, 0.2) is 29.2 Å². The van der Waals surface area contributed by atoms with Crippen molar-refractivity contribution in [3.63, 3.8) is 0 Å². The van der Waals surface area contributed by atoms with E-state index in [0.29, 0.717) is 25.7 Å². The number of halogens is 1. The highest BCUT2D eigenvalue weighted by molar-refractivity contribution is 7.89. The minimum atomic E-state index is -3.73. The van der Waals surface area contributed by atoms with Gasteiger partial charge in [0.05, 0.1) is 11.4 Å². The molecule has 0 unspecified atom stereocenters. The largest absolute Gasteiger partial charge is 0.339 e. The van der Waals surface area contributed by atoms with E-state index in [1.165, 1.54) is 22.5 Å². The van der Waals surface area contributed by atoms with Gasteiger partial charge in [0.1, 0.15) is 5.82 Å². The topological polar surface area (TPSA) is 73.0 Å². The van der Waals surface area contributed by atoms with Gasteiger partial charge in [-0.15, -0.1) is 0 Å². The van der Waals surface area contributed by atoms with Crippen molar-refractivity contribution in [2.75, 3.05) is 52.4 Å². The Bertz CT molecular complexity index is 750. The molecule has 0 radical (unpaired) electrons. The molecule has 1 atom stereocenters. The fraction of sp³-hybridized carbons (Fsp3) is 0.588. The fourth-order valence-electron chi connectivity index (χ4n) is 3.35. The molecule has 2 aliphatic heterocycles. The third-order valence-corrected chi connectivity index (χ3v) is 6.90. The Morgan fingerprint density at radius 3 is 2.62 bits per heavy atom. The van der Waals surface area contributed by atoms with Gasteiger partial charge in [-0.25, -0.2) is 12.8 Å². The number of carbonyl (C=O) groups excluding carboxylic acids is 1. The lowest BCUT2D eigenvalue weighted by atomic mass is 10.2. The summed E-state index contributed by atoms with van der Waals surface area (Å²) in [5.41, 5.74) is 0. The number of benzene rings is 1. The van der Waals surface area contributed by atoms with Crippen LogP contribution in [0.4, 0.5) is 4.39 Å². The monoisotopic (exact) mass is 384 g/mol. The minimum Gasteiger partial charge on any atom is -0.339 e. The maximum Gasteiger partial charge on any atom is 0.243 e. The average Bonchev–Trinajstić information content (AvgIpc) is 2.63. The summed E-state index contributed by atoms with van der Waals surface area (Å²) in [5.74, 6) is -0.549. The van der Waals surface area contributed by atoms with Crippen LogP contribution in [-0.2, 0) is 14.8 Å². The number of rotatable bonds is 4. The first-order chi connectivity index (χ1) is 12.4. The summed E-state index contributed by atoms with van der Waals surface area (Å²) >= 11 is 0. The van der Waals surface area contributed by atoms with E-state index >= 15 is 0 Å². The van der Waals surface area contributed by atoms with Gasteiger partial charge >= 0.3 is 0 Å². The molecule has 0 aromatic heterocycles. The lowest BCUT2D eigenvalue weighted by Crippen LogP contribution is -2.56. The van der Waals surface area contributed by atoms with E-state index in [2.05, 4.69) is 17.1 Å². The molecular weight excluding hydrogens is 359 g/mol. The van der Waals surface area contributed by atoms with Gasteiger partial charge in [-0.2, -0.15) is 4.31 Å². The number of piperazine rings is 2. The van der Waals surface area contributed by atoms with Gasteiger partial charge in [0.15, 0.2) is 0 Å². The second-order valence-electron chi connectivity index (χ2n) is 6.77. The molecule has 2 aliphatic rings. The van der Waals surface area contributed by atoms with E-state index in [0.717, 1.165) is 25.7 Å². The van der Waals surface area contributed by atoms with Crippen LogP contribution in [0.2, 0.25) is 0 Å². The summed E-state index contributed by atoms with van der Waals surface area (Å²) in [6, 6.07) is 5.33. The Balaban J connectivity index is 1.57. The predicted octanol–water partition coefficient (Wildman–Crippen LogP) is -0.0477. The third-order valence-electron chi connectivity index (χ3n) is 5.00. The normalized spacial score (nSPS) is 23.2. The van der Waals surface area contributed by atoms with Gasteiger partial charge in [-0.3, -0.25) is 9.69 Å². The Labute approximate surface area is 153 Å². The van der Waals surface area contributed by atoms with E-state index in [4.69, 9.17) is 0 Å². The number of nitrogens with one attached hydrogen (secondary N) is 1. The number of carbonyl (C=O) groups is 1. The SMILES string of the molecule is C[C@H]1CNCCN1CC(=O)N1CCN(S(=O)(=O)c2cccc(F)c2)CC1. The van der Waals surface area contributed by atoms with Crippen molar-refractivity contribution >= 4 is 15.9 Å². The van der Waals surface area contributed by atoms with Crippen LogP contribution < -0.4 is 5.32 Å². The first-order valence-electron chi connectivity index (χ1n) is 8.86. The molecule has 9 heteroatoms. The average molecular weight is 384 g/mol. The van der Waals surface area contributed by atoms with Gasteiger partial charge in [-0.05, 0) is 25.1 Å². The summed E-state index contributed by atoms with van der Waals surface area (Å²) in [5, 5.41) is 3.29. The van der Waals surface area contributed by atoms with Crippen LogP contribution in [0, 0.1) is 5.82 Å². The van der Waals surface area contributed by atoms with Crippen molar-refractivity contribution in [2.45, 2.75) is 17.9 Å². The molecule has 2 heterocycles. The van der Waals surface area contributed by atoms with Gasteiger partial charge < -0.3 is 10.2 Å². The van der Waals surface area contributed by atoms with Crippen LogP contribution in [0.1, 0.15) is 6.92 Å². The third kappa shape index (κ3) is 4.22. The molecule has 0 aliphatic carbocycles. The van der Waals surface area contributed by atoms with Crippen molar-refractivity contribution in [1.82, 2.24) is 19.4 Å². The van der Waals surface area contributed by atoms with E-state index in [9.17, 15) is 17.6 Å². The Morgan fingerprint density at radius 1 is 1.23 bits per heavy atom. The summed E-state index contributed by atoms with van der Waals surface area (Å²) in [4.78, 5) is 16.3. The molecule has 3 rings (SSSR count).